The van der Waals surface area contributed by atoms with Gasteiger partial charge < -0.3 is 14.9 Å². The molecule has 0 bridgehead atoms. The van der Waals surface area contributed by atoms with Gasteiger partial charge >= 0.3 is 0 Å². The number of halogens is 1. The third-order valence-electron chi connectivity index (χ3n) is 4.99. The van der Waals surface area contributed by atoms with Gasteiger partial charge in [0.2, 0.25) is 0 Å². The minimum Gasteiger partial charge on any atom is -0.507 e. The Kier molecular flexibility index (Phi) is 7.31. The molecule has 1 fully saturated rings. The van der Waals surface area contributed by atoms with Gasteiger partial charge in [-0.25, -0.2) is 0 Å². The highest BCUT2D eigenvalue weighted by Crippen LogP contribution is 2.31. The maximum atomic E-state index is 12.7. The summed E-state index contributed by atoms with van der Waals surface area (Å²) in [7, 11) is 0. The highest BCUT2D eigenvalue weighted by molar-refractivity contribution is 6.30. The lowest BCUT2D eigenvalue weighted by Gasteiger charge is -2.30. The van der Waals surface area contributed by atoms with Gasteiger partial charge in [-0.15, -0.1) is 0 Å². The Morgan fingerprint density at radius 2 is 1.93 bits per heavy atom. The van der Waals surface area contributed by atoms with E-state index in [0.717, 1.165) is 37.1 Å². The summed E-state index contributed by atoms with van der Waals surface area (Å²) in [5.41, 5.74) is 1.94. The first-order valence-corrected chi connectivity index (χ1v) is 10.2. The second-order valence-corrected chi connectivity index (χ2v) is 7.60. The standard InChI is InChI=1S/C23H26ClNO4/c1-2-29-23-14-22(28)20(13-17(23)15-25-11-9-19(26)10-12-25)21(27)8-5-16-3-6-18(24)7-4-16/h3-8,13-14,19,26,28H,2,9-12,15H2,1H3/b8-5+. The van der Waals surface area contributed by atoms with Crippen molar-refractivity contribution in [2.45, 2.75) is 32.4 Å². The van der Waals surface area contributed by atoms with Crippen molar-refractivity contribution in [2.24, 2.45) is 0 Å². The molecule has 0 atom stereocenters. The number of ether oxygens (including phenoxy) is 1. The van der Waals surface area contributed by atoms with Crippen LogP contribution in [-0.2, 0) is 6.54 Å². The van der Waals surface area contributed by atoms with Crippen LogP contribution in [-0.4, -0.2) is 46.7 Å². The number of hydrogen-bond donors (Lipinski definition) is 2. The minimum atomic E-state index is -0.282. The summed E-state index contributed by atoms with van der Waals surface area (Å²) in [6.45, 7) is 4.52. The number of hydrogen-bond acceptors (Lipinski definition) is 5. The van der Waals surface area contributed by atoms with Crippen LogP contribution < -0.4 is 4.74 Å². The Hall–Kier alpha value is -2.34. The van der Waals surface area contributed by atoms with E-state index in [1.807, 2.05) is 19.1 Å². The predicted molar refractivity (Wildman–Crippen MR) is 115 cm³/mol. The monoisotopic (exact) mass is 415 g/mol. The SMILES string of the molecule is CCOc1cc(O)c(C(=O)/C=C/c2ccc(Cl)cc2)cc1CN1CCC(O)CC1. The molecular weight excluding hydrogens is 390 g/mol. The van der Waals surface area contributed by atoms with E-state index in [2.05, 4.69) is 4.90 Å². The second kappa shape index (κ2) is 9.92. The van der Waals surface area contributed by atoms with E-state index in [9.17, 15) is 15.0 Å². The van der Waals surface area contributed by atoms with Gasteiger partial charge in [-0.2, -0.15) is 0 Å². The van der Waals surface area contributed by atoms with Crippen molar-refractivity contribution in [1.82, 2.24) is 4.90 Å². The van der Waals surface area contributed by atoms with Gasteiger partial charge in [0.1, 0.15) is 11.5 Å². The first-order chi connectivity index (χ1) is 14.0. The van der Waals surface area contributed by atoms with Gasteiger partial charge in [-0.1, -0.05) is 29.8 Å². The summed E-state index contributed by atoms with van der Waals surface area (Å²) in [5.74, 6) is 0.196. The van der Waals surface area contributed by atoms with Gasteiger partial charge in [0.25, 0.3) is 0 Å². The number of aliphatic hydroxyl groups excluding tert-OH is 1. The van der Waals surface area contributed by atoms with Crippen molar-refractivity contribution in [3.8, 4) is 11.5 Å². The summed E-state index contributed by atoms with van der Waals surface area (Å²) in [4.78, 5) is 14.9. The highest BCUT2D eigenvalue weighted by Gasteiger charge is 2.20. The first-order valence-electron chi connectivity index (χ1n) is 9.83. The normalized spacial score (nSPS) is 15.7. The molecule has 154 valence electrons. The van der Waals surface area contributed by atoms with Crippen LogP contribution in [0.4, 0.5) is 0 Å². The maximum Gasteiger partial charge on any atom is 0.189 e. The zero-order chi connectivity index (χ0) is 20.8. The zero-order valence-corrected chi connectivity index (χ0v) is 17.2. The average molecular weight is 416 g/mol. The molecule has 3 rings (SSSR count). The van der Waals surface area contributed by atoms with Gasteiger partial charge in [0, 0.05) is 36.3 Å². The number of phenols is 1. The van der Waals surface area contributed by atoms with Crippen molar-refractivity contribution < 1.29 is 19.7 Å². The maximum absolute atomic E-state index is 12.7. The quantitative estimate of drug-likeness (QED) is 0.521. The molecule has 0 aliphatic carbocycles. The Morgan fingerprint density at radius 1 is 1.24 bits per heavy atom. The summed E-state index contributed by atoms with van der Waals surface area (Å²) < 4.78 is 5.68. The van der Waals surface area contributed by atoms with Gasteiger partial charge in [-0.05, 0) is 49.6 Å². The fraction of sp³-hybridized carbons (Fsp3) is 0.348. The fourth-order valence-electron chi connectivity index (χ4n) is 3.38. The number of piperidine rings is 1. The minimum absolute atomic E-state index is 0.1000. The van der Waals surface area contributed by atoms with E-state index < -0.39 is 0 Å². The lowest BCUT2D eigenvalue weighted by Crippen LogP contribution is -2.35. The van der Waals surface area contributed by atoms with Crippen LogP contribution in [0.3, 0.4) is 0 Å². The summed E-state index contributed by atoms with van der Waals surface area (Å²) in [6.07, 6.45) is 4.36. The van der Waals surface area contributed by atoms with Crippen molar-refractivity contribution >= 4 is 23.5 Å². The first kappa shape index (κ1) is 21.4. The van der Waals surface area contributed by atoms with E-state index in [1.54, 1.807) is 24.3 Å². The molecule has 2 N–H and O–H groups in total. The van der Waals surface area contributed by atoms with Crippen molar-refractivity contribution in [3.63, 3.8) is 0 Å². The number of allylic oxidation sites excluding steroid dienone is 1. The molecule has 1 heterocycles. The Morgan fingerprint density at radius 3 is 2.59 bits per heavy atom. The van der Waals surface area contributed by atoms with Crippen LogP contribution >= 0.6 is 11.6 Å². The third kappa shape index (κ3) is 5.82. The molecule has 5 nitrogen and oxygen atoms in total. The molecule has 2 aromatic rings. The summed E-state index contributed by atoms with van der Waals surface area (Å²) >= 11 is 5.88. The number of carbonyl (C=O) groups is 1. The number of likely N-dealkylation sites (tertiary alicyclic amines) is 1. The largest absolute Gasteiger partial charge is 0.507 e. The molecule has 29 heavy (non-hydrogen) atoms. The van der Waals surface area contributed by atoms with Crippen molar-refractivity contribution in [2.75, 3.05) is 19.7 Å². The average Bonchev–Trinajstić information content (AvgIpc) is 2.71. The molecule has 0 unspecified atom stereocenters. The van der Waals surface area contributed by atoms with Gasteiger partial charge in [0.15, 0.2) is 5.78 Å². The van der Waals surface area contributed by atoms with Crippen LogP contribution in [0.1, 0.15) is 41.3 Å². The smallest absolute Gasteiger partial charge is 0.189 e. The molecule has 0 radical (unpaired) electrons. The number of aromatic hydroxyl groups is 1. The molecule has 0 saturated carbocycles. The molecule has 1 saturated heterocycles. The summed E-state index contributed by atoms with van der Waals surface area (Å²) in [6, 6.07) is 10.4. The Bertz CT molecular complexity index is 871. The molecule has 0 amide bonds. The van der Waals surface area contributed by atoms with Crippen molar-refractivity contribution in [3.05, 3.63) is 64.2 Å². The van der Waals surface area contributed by atoms with Crippen LogP contribution in [0.5, 0.6) is 11.5 Å². The summed E-state index contributed by atoms with van der Waals surface area (Å²) in [5, 5.41) is 20.7. The zero-order valence-electron chi connectivity index (χ0n) is 16.5. The number of phenolic OH excluding ortho intramolecular Hbond substituents is 1. The van der Waals surface area contributed by atoms with Crippen LogP contribution in [0.2, 0.25) is 5.02 Å². The Labute approximate surface area is 176 Å². The predicted octanol–water partition coefficient (Wildman–Crippen LogP) is 4.30. The Balaban J connectivity index is 1.81. The molecular formula is C23H26ClNO4. The molecule has 2 aromatic carbocycles. The van der Waals surface area contributed by atoms with Gasteiger partial charge in [0.05, 0.1) is 18.3 Å². The van der Waals surface area contributed by atoms with Crippen LogP contribution in [0.15, 0.2) is 42.5 Å². The molecule has 1 aliphatic rings. The van der Waals surface area contributed by atoms with Gasteiger partial charge in [-0.3, -0.25) is 9.69 Å². The third-order valence-corrected chi connectivity index (χ3v) is 5.24. The van der Waals surface area contributed by atoms with E-state index >= 15 is 0 Å². The van der Waals surface area contributed by atoms with E-state index in [1.165, 1.54) is 12.1 Å². The lowest BCUT2D eigenvalue weighted by molar-refractivity contribution is 0.0788. The molecule has 1 aliphatic heterocycles. The van der Waals surface area contributed by atoms with Crippen molar-refractivity contribution in [1.29, 1.82) is 0 Å². The van der Waals surface area contributed by atoms with E-state index in [0.29, 0.717) is 23.9 Å². The number of nitrogens with zero attached hydrogens (tertiary/aromatic N) is 1. The number of carbonyl (C=O) groups excluding carboxylic acids is 1. The van der Waals surface area contributed by atoms with Crippen LogP contribution in [0, 0.1) is 0 Å². The van der Waals surface area contributed by atoms with Crippen LogP contribution in [0.25, 0.3) is 6.08 Å². The highest BCUT2D eigenvalue weighted by atomic mass is 35.5. The fourth-order valence-corrected chi connectivity index (χ4v) is 3.50. The molecule has 6 heteroatoms. The molecule has 0 spiro atoms. The topological polar surface area (TPSA) is 70.0 Å². The van der Waals surface area contributed by atoms with E-state index in [-0.39, 0.29) is 23.2 Å². The number of aliphatic hydroxyl groups is 1. The lowest BCUT2D eigenvalue weighted by atomic mass is 10.0. The second-order valence-electron chi connectivity index (χ2n) is 7.17. The number of benzene rings is 2. The van der Waals surface area contributed by atoms with E-state index in [4.69, 9.17) is 16.3 Å². The number of rotatable bonds is 7. The number of ketones is 1. The molecule has 0 aromatic heterocycles.